The zero-order valence-corrected chi connectivity index (χ0v) is 16.6. The molecule has 7 heteroatoms. The van der Waals surface area contributed by atoms with E-state index in [1.807, 2.05) is 24.3 Å². The monoisotopic (exact) mass is 407 g/mol. The lowest BCUT2D eigenvalue weighted by molar-refractivity contribution is 0.422. The topological polar surface area (TPSA) is 85.4 Å². The van der Waals surface area contributed by atoms with E-state index in [2.05, 4.69) is 46.3 Å². The van der Waals surface area contributed by atoms with Crippen molar-refractivity contribution in [3.63, 3.8) is 0 Å². The van der Waals surface area contributed by atoms with Crippen LogP contribution in [0.3, 0.4) is 0 Å². The quantitative estimate of drug-likeness (QED) is 0.455. The average Bonchev–Trinajstić information content (AvgIpc) is 3.23. The second kappa shape index (κ2) is 6.63. The summed E-state index contributed by atoms with van der Waals surface area (Å²) in [5.41, 5.74) is 5.38. The molecule has 0 spiro atoms. The van der Waals surface area contributed by atoms with Crippen LogP contribution >= 0.6 is 0 Å². The third-order valence-electron chi connectivity index (χ3n) is 5.50. The summed E-state index contributed by atoms with van der Waals surface area (Å²) in [6, 6.07) is 19.2. The van der Waals surface area contributed by atoms with Crippen LogP contribution in [0, 0.1) is 6.92 Å². The van der Waals surface area contributed by atoms with Crippen LogP contribution in [0.4, 0.5) is 0 Å². The molecule has 6 rings (SSSR count). The first-order valence-electron chi connectivity index (χ1n) is 9.91. The maximum Gasteiger partial charge on any atom is 0.228 e. The lowest BCUT2D eigenvalue weighted by atomic mass is 9.83. The van der Waals surface area contributed by atoms with Crippen molar-refractivity contribution in [2.24, 2.45) is 0 Å². The number of hydrogen-bond acceptors (Lipinski definition) is 6. The molecule has 0 fully saturated rings. The Balaban J connectivity index is 1.62. The van der Waals surface area contributed by atoms with Gasteiger partial charge in [0.05, 0.1) is 5.56 Å². The van der Waals surface area contributed by atoms with Gasteiger partial charge in [-0.1, -0.05) is 42.0 Å². The molecule has 31 heavy (non-hydrogen) atoms. The van der Waals surface area contributed by atoms with Gasteiger partial charge < -0.3 is 9.84 Å². The van der Waals surface area contributed by atoms with Gasteiger partial charge in [-0.05, 0) is 30.7 Å². The van der Waals surface area contributed by atoms with Crippen LogP contribution in [-0.4, -0.2) is 29.7 Å². The molecule has 1 N–H and O–H groups in total. The molecule has 0 unspecified atom stereocenters. The van der Waals surface area contributed by atoms with E-state index < -0.39 is 0 Å². The first kappa shape index (κ1) is 17.6. The minimum Gasteiger partial charge on any atom is -0.508 e. The molecular formula is C24H17N5O2. The normalized spacial score (nSPS) is 14.7. The highest BCUT2D eigenvalue weighted by Crippen LogP contribution is 2.48. The first-order valence-corrected chi connectivity index (χ1v) is 9.91. The first-order chi connectivity index (χ1) is 15.2. The number of pyridine rings is 1. The van der Waals surface area contributed by atoms with Crippen molar-refractivity contribution in [1.82, 2.24) is 24.6 Å². The Morgan fingerprint density at radius 2 is 1.87 bits per heavy atom. The van der Waals surface area contributed by atoms with Gasteiger partial charge >= 0.3 is 0 Å². The zero-order chi connectivity index (χ0) is 20.9. The number of nitrogens with zero attached hydrogens (tertiary/aromatic N) is 5. The molecule has 0 radical (unpaired) electrons. The summed E-state index contributed by atoms with van der Waals surface area (Å²) in [5, 5.41) is 14.6. The predicted molar refractivity (Wildman–Crippen MR) is 114 cm³/mol. The highest BCUT2D eigenvalue weighted by atomic mass is 16.5. The van der Waals surface area contributed by atoms with Gasteiger partial charge in [-0.15, -0.1) is 5.10 Å². The van der Waals surface area contributed by atoms with E-state index in [1.165, 1.54) is 5.56 Å². The molecule has 0 aliphatic carbocycles. The van der Waals surface area contributed by atoms with Crippen LogP contribution in [0.1, 0.15) is 28.2 Å². The minimum atomic E-state index is -0.170. The van der Waals surface area contributed by atoms with Gasteiger partial charge in [-0.2, -0.15) is 0 Å². The number of hydrogen-bond donors (Lipinski definition) is 1. The fourth-order valence-electron chi connectivity index (χ4n) is 4.01. The number of phenols is 1. The molecule has 2 aromatic carbocycles. The van der Waals surface area contributed by atoms with Gasteiger partial charge in [0.2, 0.25) is 11.7 Å². The Hall–Kier alpha value is -4.26. The van der Waals surface area contributed by atoms with E-state index in [9.17, 15) is 5.11 Å². The van der Waals surface area contributed by atoms with E-state index in [0.717, 1.165) is 16.7 Å². The molecule has 1 atom stereocenters. The number of phenolic OH excluding ortho intramolecular Hbond substituents is 1. The van der Waals surface area contributed by atoms with Crippen LogP contribution in [0.25, 0.3) is 17.2 Å². The smallest absolute Gasteiger partial charge is 0.228 e. The van der Waals surface area contributed by atoms with Crippen LogP contribution in [-0.2, 0) is 0 Å². The maximum atomic E-state index is 10.00. The number of benzene rings is 2. The average molecular weight is 407 g/mol. The number of aromatic nitrogens is 5. The highest BCUT2D eigenvalue weighted by Gasteiger charge is 2.33. The van der Waals surface area contributed by atoms with Crippen molar-refractivity contribution >= 4 is 5.65 Å². The Morgan fingerprint density at radius 1 is 1.00 bits per heavy atom. The highest BCUT2D eigenvalue weighted by molar-refractivity contribution is 5.68. The van der Waals surface area contributed by atoms with Crippen molar-refractivity contribution < 1.29 is 9.84 Å². The summed E-state index contributed by atoms with van der Waals surface area (Å²) >= 11 is 0. The zero-order valence-electron chi connectivity index (χ0n) is 16.6. The van der Waals surface area contributed by atoms with Crippen LogP contribution in [0.15, 0.2) is 73.2 Å². The number of rotatable bonds is 2. The van der Waals surface area contributed by atoms with Crippen LogP contribution < -0.4 is 4.74 Å². The standard InChI is InChI=1S/C24H17N5O2/c1-14-5-7-15(8-6-14)20-17-10-9-16(30)12-19(17)31-24-21(20)23-27-22(28-29(23)13-26-24)18-4-2-3-11-25-18/h2-13,20,30H,1H3/t20-/m0/s1. The molecule has 3 aromatic heterocycles. The SMILES string of the molecule is Cc1ccc([C@H]2c3ccc(O)cc3Oc3ncn4nc(-c5ccccn5)nc4c32)cc1. The van der Waals surface area contributed by atoms with Crippen LogP contribution in [0.2, 0.25) is 0 Å². The molecule has 0 saturated carbocycles. The van der Waals surface area contributed by atoms with Gasteiger partial charge in [-0.3, -0.25) is 4.98 Å². The fraction of sp³-hybridized carbons (Fsp3) is 0.0833. The van der Waals surface area contributed by atoms with Crippen molar-refractivity contribution in [3.05, 3.63) is 95.4 Å². The summed E-state index contributed by atoms with van der Waals surface area (Å²) in [5.74, 6) is 1.54. The molecule has 7 nitrogen and oxygen atoms in total. The summed E-state index contributed by atoms with van der Waals surface area (Å²) in [4.78, 5) is 13.7. The van der Waals surface area contributed by atoms with E-state index in [-0.39, 0.29) is 11.7 Å². The van der Waals surface area contributed by atoms with Crippen molar-refractivity contribution in [1.29, 1.82) is 0 Å². The lowest BCUT2D eigenvalue weighted by Crippen LogP contribution is -2.15. The van der Waals surface area contributed by atoms with Crippen molar-refractivity contribution in [2.75, 3.05) is 0 Å². The Morgan fingerprint density at radius 3 is 2.68 bits per heavy atom. The number of ether oxygens (including phenoxy) is 1. The van der Waals surface area contributed by atoms with Gasteiger partial charge in [-0.25, -0.2) is 14.5 Å². The van der Waals surface area contributed by atoms with Crippen molar-refractivity contribution in [3.8, 4) is 28.9 Å². The summed E-state index contributed by atoms with van der Waals surface area (Å²) < 4.78 is 7.75. The molecule has 1 aliphatic heterocycles. The summed E-state index contributed by atoms with van der Waals surface area (Å²) in [7, 11) is 0. The molecule has 5 aromatic rings. The van der Waals surface area contributed by atoms with E-state index >= 15 is 0 Å². The van der Waals surface area contributed by atoms with Gasteiger partial charge in [0.15, 0.2) is 5.65 Å². The van der Waals surface area contributed by atoms with Gasteiger partial charge in [0.25, 0.3) is 0 Å². The largest absolute Gasteiger partial charge is 0.508 e. The summed E-state index contributed by atoms with van der Waals surface area (Å²) in [6.07, 6.45) is 3.31. The van der Waals surface area contributed by atoms with E-state index in [4.69, 9.17) is 9.72 Å². The Bertz CT molecular complexity index is 1430. The third kappa shape index (κ3) is 2.82. The molecule has 0 saturated heterocycles. The maximum absolute atomic E-state index is 10.00. The van der Waals surface area contributed by atoms with E-state index in [0.29, 0.717) is 28.8 Å². The minimum absolute atomic E-state index is 0.144. The van der Waals surface area contributed by atoms with E-state index in [1.54, 1.807) is 29.2 Å². The molecule has 0 bridgehead atoms. The molecule has 0 amide bonds. The molecule has 4 heterocycles. The number of aryl methyl sites for hydroxylation is 1. The van der Waals surface area contributed by atoms with Gasteiger partial charge in [0.1, 0.15) is 23.5 Å². The number of fused-ring (bicyclic) bond motifs is 4. The lowest BCUT2D eigenvalue weighted by Gasteiger charge is -2.27. The Labute approximate surface area is 177 Å². The third-order valence-corrected chi connectivity index (χ3v) is 5.50. The van der Waals surface area contributed by atoms with Crippen molar-refractivity contribution in [2.45, 2.75) is 12.8 Å². The fourth-order valence-corrected chi connectivity index (χ4v) is 4.01. The Kier molecular flexibility index (Phi) is 3.76. The predicted octanol–water partition coefficient (Wildman–Crippen LogP) is 4.49. The second-order valence-corrected chi connectivity index (χ2v) is 7.55. The molecule has 150 valence electrons. The van der Waals surface area contributed by atoms with Gasteiger partial charge in [0, 0.05) is 23.7 Å². The molecular weight excluding hydrogens is 390 g/mol. The summed E-state index contributed by atoms with van der Waals surface area (Å²) in [6.45, 7) is 2.06. The second-order valence-electron chi connectivity index (χ2n) is 7.55. The number of aromatic hydroxyl groups is 1. The van der Waals surface area contributed by atoms with Crippen LogP contribution in [0.5, 0.6) is 17.4 Å². The molecule has 1 aliphatic rings.